The lowest BCUT2D eigenvalue weighted by atomic mass is 9.68. The van der Waals surface area contributed by atoms with Crippen molar-refractivity contribution in [1.29, 1.82) is 0 Å². The zero-order valence-corrected chi connectivity index (χ0v) is 9.68. The van der Waals surface area contributed by atoms with E-state index in [2.05, 4.69) is 18.8 Å². The van der Waals surface area contributed by atoms with E-state index in [4.69, 9.17) is 0 Å². The second-order valence-corrected chi connectivity index (χ2v) is 4.71. The lowest BCUT2D eigenvalue weighted by molar-refractivity contribution is -0.152. The van der Waals surface area contributed by atoms with E-state index in [1.54, 1.807) is 6.92 Å². The van der Waals surface area contributed by atoms with Gasteiger partial charge in [-0.25, -0.2) is 0 Å². The average molecular weight is 208 g/mol. The van der Waals surface area contributed by atoms with E-state index < -0.39 is 11.4 Å². The van der Waals surface area contributed by atoms with Crippen molar-refractivity contribution in [1.82, 2.24) is 0 Å². The molecule has 0 aromatic heterocycles. The van der Waals surface area contributed by atoms with Gasteiger partial charge in [-0.05, 0) is 32.1 Å². The van der Waals surface area contributed by atoms with Crippen LogP contribution in [0, 0.1) is 23.2 Å². The second kappa shape index (κ2) is 5.21. The minimum absolute atomic E-state index is 0.485. The van der Waals surface area contributed by atoms with Crippen molar-refractivity contribution >= 4 is 5.97 Å². The normalized spacial score (nSPS) is 30.4. The molecular formula is C13H20O2. The van der Waals surface area contributed by atoms with Crippen LogP contribution < -0.4 is 0 Å². The smallest absolute Gasteiger partial charge is 0.309 e. The molecule has 1 aliphatic carbocycles. The van der Waals surface area contributed by atoms with Crippen molar-refractivity contribution in [2.75, 3.05) is 0 Å². The number of carboxylic acids is 1. The zero-order chi connectivity index (χ0) is 11.3. The number of hydrogen-bond acceptors (Lipinski definition) is 1. The third-order valence-electron chi connectivity index (χ3n) is 3.45. The summed E-state index contributed by atoms with van der Waals surface area (Å²) in [6.07, 6.45) is 5.32. The number of carbonyl (C=O) groups is 1. The summed E-state index contributed by atoms with van der Waals surface area (Å²) in [5.74, 6) is 5.74. The van der Waals surface area contributed by atoms with Crippen LogP contribution in [0.2, 0.25) is 0 Å². The number of carboxylic acid groups (broad SMARTS) is 1. The van der Waals surface area contributed by atoms with Gasteiger partial charge in [0.2, 0.25) is 0 Å². The maximum absolute atomic E-state index is 11.4. The molecule has 2 atom stereocenters. The Hall–Kier alpha value is -0.970. The summed E-state index contributed by atoms with van der Waals surface area (Å²) >= 11 is 0. The first-order valence-corrected chi connectivity index (χ1v) is 5.74. The quantitative estimate of drug-likeness (QED) is 0.724. The maximum Gasteiger partial charge on any atom is 0.309 e. The third-order valence-corrected chi connectivity index (χ3v) is 3.45. The summed E-state index contributed by atoms with van der Waals surface area (Å²) < 4.78 is 0. The molecule has 1 N–H and O–H groups in total. The van der Waals surface area contributed by atoms with Crippen LogP contribution in [0.15, 0.2) is 0 Å². The Labute approximate surface area is 92.1 Å². The Morgan fingerprint density at radius 3 is 2.87 bits per heavy atom. The average Bonchev–Trinajstić information content (AvgIpc) is 2.18. The monoisotopic (exact) mass is 208 g/mol. The molecule has 0 aromatic rings. The standard InChI is InChI=1S/C13H20O2/c1-3-4-5-8-13(12(14)15)9-6-7-11(2)10-13/h11H,5-10H2,1-2H3,(H,14,15). The zero-order valence-electron chi connectivity index (χ0n) is 9.68. The Morgan fingerprint density at radius 1 is 1.60 bits per heavy atom. The summed E-state index contributed by atoms with van der Waals surface area (Å²) in [5.41, 5.74) is -0.485. The molecule has 2 unspecified atom stereocenters. The number of rotatable bonds is 3. The van der Waals surface area contributed by atoms with E-state index in [-0.39, 0.29) is 0 Å². The van der Waals surface area contributed by atoms with Gasteiger partial charge < -0.3 is 5.11 Å². The Bertz CT molecular complexity index is 285. The van der Waals surface area contributed by atoms with Crippen LogP contribution in [0.3, 0.4) is 0 Å². The highest BCUT2D eigenvalue weighted by Gasteiger charge is 2.40. The molecule has 0 saturated heterocycles. The minimum Gasteiger partial charge on any atom is -0.481 e. The summed E-state index contributed by atoms with van der Waals surface area (Å²) in [6, 6.07) is 0. The molecule has 1 aliphatic rings. The Morgan fingerprint density at radius 2 is 2.33 bits per heavy atom. The lowest BCUT2D eigenvalue weighted by Crippen LogP contribution is -2.35. The van der Waals surface area contributed by atoms with Gasteiger partial charge in [-0.2, -0.15) is 0 Å². The fourth-order valence-corrected chi connectivity index (χ4v) is 2.62. The Kier molecular flexibility index (Phi) is 4.20. The van der Waals surface area contributed by atoms with Gasteiger partial charge in [0.25, 0.3) is 0 Å². The molecule has 1 saturated carbocycles. The van der Waals surface area contributed by atoms with Crippen molar-refractivity contribution in [2.45, 2.75) is 52.4 Å². The highest BCUT2D eigenvalue weighted by molar-refractivity contribution is 5.74. The van der Waals surface area contributed by atoms with Crippen molar-refractivity contribution in [3.63, 3.8) is 0 Å². The van der Waals surface area contributed by atoms with Crippen LogP contribution in [-0.4, -0.2) is 11.1 Å². The van der Waals surface area contributed by atoms with E-state index >= 15 is 0 Å². The van der Waals surface area contributed by atoms with Gasteiger partial charge in [0.1, 0.15) is 0 Å². The van der Waals surface area contributed by atoms with Gasteiger partial charge >= 0.3 is 5.97 Å². The summed E-state index contributed by atoms with van der Waals surface area (Å²) in [4.78, 5) is 11.4. The Balaban J connectivity index is 2.67. The van der Waals surface area contributed by atoms with E-state index in [0.29, 0.717) is 12.3 Å². The molecule has 2 heteroatoms. The lowest BCUT2D eigenvalue weighted by Gasteiger charge is -2.36. The molecule has 15 heavy (non-hydrogen) atoms. The van der Waals surface area contributed by atoms with Crippen molar-refractivity contribution < 1.29 is 9.90 Å². The fraction of sp³-hybridized carbons (Fsp3) is 0.769. The van der Waals surface area contributed by atoms with Crippen molar-refractivity contribution in [3.05, 3.63) is 0 Å². The van der Waals surface area contributed by atoms with Crippen LogP contribution >= 0.6 is 0 Å². The van der Waals surface area contributed by atoms with E-state index in [9.17, 15) is 9.90 Å². The minimum atomic E-state index is -0.619. The van der Waals surface area contributed by atoms with Gasteiger partial charge in [0, 0.05) is 6.42 Å². The SMILES string of the molecule is CC#CCCC1(C(=O)O)CCCC(C)C1. The number of aliphatic carboxylic acids is 1. The number of hydrogen-bond donors (Lipinski definition) is 1. The van der Waals surface area contributed by atoms with Crippen LogP contribution in [0.4, 0.5) is 0 Å². The predicted molar refractivity (Wildman–Crippen MR) is 60.4 cm³/mol. The van der Waals surface area contributed by atoms with Crippen LogP contribution in [0.5, 0.6) is 0 Å². The highest BCUT2D eigenvalue weighted by atomic mass is 16.4. The van der Waals surface area contributed by atoms with Gasteiger partial charge in [-0.3, -0.25) is 4.79 Å². The van der Waals surface area contributed by atoms with Gasteiger partial charge in [0.05, 0.1) is 5.41 Å². The van der Waals surface area contributed by atoms with Gasteiger partial charge in [-0.15, -0.1) is 11.8 Å². The molecule has 0 spiro atoms. The van der Waals surface area contributed by atoms with E-state index in [1.165, 1.54) is 6.42 Å². The molecule has 1 fully saturated rings. The predicted octanol–water partition coefficient (Wildman–Crippen LogP) is 3.07. The highest BCUT2D eigenvalue weighted by Crippen LogP contribution is 2.42. The maximum atomic E-state index is 11.4. The molecule has 0 amide bonds. The van der Waals surface area contributed by atoms with E-state index in [1.807, 2.05) is 0 Å². The molecule has 2 nitrogen and oxygen atoms in total. The third kappa shape index (κ3) is 2.99. The van der Waals surface area contributed by atoms with Crippen LogP contribution in [-0.2, 0) is 4.79 Å². The largest absolute Gasteiger partial charge is 0.481 e. The summed E-state index contributed by atoms with van der Waals surface area (Å²) in [5, 5.41) is 9.36. The first-order valence-electron chi connectivity index (χ1n) is 5.74. The fourth-order valence-electron chi connectivity index (χ4n) is 2.62. The van der Waals surface area contributed by atoms with E-state index in [0.717, 1.165) is 25.7 Å². The first kappa shape index (κ1) is 12.1. The first-order chi connectivity index (χ1) is 7.10. The molecule has 84 valence electrons. The second-order valence-electron chi connectivity index (χ2n) is 4.71. The van der Waals surface area contributed by atoms with Crippen LogP contribution in [0.25, 0.3) is 0 Å². The molecule has 0 radical (unpaired) electrons. The molecule has 0 aromatic carbocycles. The van der Waals surface area contributed by atoms with Crippen molar-refractivity contribution in [2.24, 2.45) is 11.3 Å². The van der Waals surface area contributed by atoms with Gasteiger partial charge in [0.15, 0.2) is 0 Å². The van der Waals surface area contributed by atoms with Crippen LogP contribution in [0.1, 0.15) is 52.4 Å². The molecule has 0 bridgehead atoms. The molecule has 1 rings (SSSR count). The molecule has 0 aliphatic heterocycles. The topological polar surface area (TPSA) is 37.3 Å². The summed E-state index contributed by atoms with van der Waals surface area (Å²) in [6.45, 7) is 3.96. The molecule has 0 heterocycles. The van der Waals surface area contributed by atoms with Gasteiger partial charge in [-0.1, -0.05) is 19.8 Å². The molecular weight excluding hydrogens is 188 g/mol. The summed E-state index contributed by atoms with van der Waals surface area (Å²) in [7, 11) is 0. The van der Waals surface area contributed by atoms with Crippen molar-refractivity contribution in [3.8, 4) is 11.8 Å².